The van der Waals surface area contributed by atoms with Crippen LogP contribution in [0.15, 0.2) is 6.07 Å². The lowest BCUT2D eigenvalue weighted by atomic mass is 10.1. The molecule has 0 aromatic carbocycles. The van der Waals surface area contributed by atoms with E-state index in [4.69, 9.17) is 5.11 Å². The molecule has 0 bridgehead atoms. The highest BCUT2D eigenvalue weighted by Gasteiger charge is 2.56. The van der Waals surface area contributed by atoms with Gasteiger partial charge >= 0.3 is 12.1 Å². The molecule has 1 unspecified atom stereocenters. The Bertz CT molecular complexity index is 747. The van der Waals surface area contributed by atoms with E-state index in [0.717, 1.165) is 11.0 Å². The van der Waals surface area contributed by atoms with E-state index in [9.17, 15) is 26.7 Å². The molecule has 4 rings (SSSR count). The molecule has 3 heterocycles. The number of aliphatic carboxylic acids is 1. The molecule has 1 aliphatic carbocycles. The largest absolute Gasteiger partial charge is 0.481 e. The first-order valence-electron chi connectivity index (χ1n) is 8.63. The number of carbonyl (C=O) groups is 1. The van der Waals surface area contributed by atoms with Crippen LogP contribution in [0.25, 0.3) is 0 Å². The van der Waals surface area contributed by atoms with Crippen LogP contribution in [-0.2, 0) is 11.0 Å². The van der Waals surface area contributed by atoms with Gasteiger partial charge in [-0.25, -0.2) is 13.8 Å². The number of carboxylic acids is 1. The van der Waals surface area contributed by atoms with Crippen LogP contribution in [0.1, 0.15) is 18.5 Å². The second-order valence-electron chi connectivity index (χ2n) is 7.29. The van der Waals surface area contributed by atoms with Gasteiger partial charge in [-0.05, 0) is 24.2 Å². The molecule has 0 radical (unpaired) electrons. The molecule has 148 valence electrons. The van der Waals surface area contributed by atoms with Crippen molar-refractivity contribution in [3.63, 3.8) is 0 Å². The van der Waals surface area contributed by atoms with Gasteiger partial charge in [-0.15, -0.1) is 0 Å². The summed E-state index contributed by atoms with van der Waals surface area (Å²) in [5.41, 5.74) is -1.16. The van der Waals surface area contributed by atoms with E-state index in [-0.39, 0.29) is 48.9 Å². The number of alkyl halides is 5. The monoisotopic (exact) mass is 392 g/mol. The van der Waals surface area contributed by atoms with Gasteiger partial charge in [-0.2, -0.15) is 18.2 Å². The summed E-state index contributed by atoms with van der Waals surface area (Å²) in [5.74, 6) is -0.896. The predicted molar refractivity (Wildman–Crippen MR) is 83.7 cm³/mol. The van der Waals surface area contributed by atoms with Gasteiger partial charge in [-0.3, -0.25) is 4.79 Å². The zero-order chi connectivity index (χ0) is 19.5. The molecule has 3 aliphatic rings. The second-order valence-corrected chi connectivity index (χ2v) is 7.29. The fourth-order valence-electron chi connectivity index (χ4n) is 4.12. The van der Waals surface area contributed by atoms with Crippen LogP contribution < -0.4 is 9.80 Å². The van der Waals surface area contributed by atoms with Crippen molar-refractivity contribution >= 4 is 17.7 Å². The van der Waals surface area contributed by atoms with Crippen molar-refractivity contribution in [2.24, 2.45) is 17.8 Å². The molecule has 6 nitrogen and oxygen atoms in total. The zero-order valence-electron chi connectivity index (χ0n) is 14.0. The number of nitrogens with zero attached hydrogens (tertiary/aromatic N) is 4. The first-order chi connectivity index (χ1) is 12.6. The van der Waals surface area contributed by atoms with Crippen LogP contribution in [-0.4, -0.2) is 53.1 Å². The van der Waals surface area contributed by atoms with Crippen LogP contribution >= 0.6 is 0 Å². The molecule has 1 aromatic rings. The van der Waals surface area contributed by atoms with Gasteiger partial charge in [-0.1, -0.05) is 0 Å². The minimum Gasteiger partial charge on any atom is -0.481 e. The van der Waals surface area contributed by atoms with Gasteiger partial charge in [0.05, 0.1) is 6.04 Å². The molecular weight excluding hydrogens is 375 g/mol. The van der Waals surface area contributed by atoms with E-state index in [1.165, 1.54) is 0 Å². The Morgan fingerprint density at radius 1 is 1.26 bits per heavy atom. The van der Waals surface area contributed by atoms with Crippen molar-refractivity contribution in [1.82, 2.24) is 9.97 Å². The minimum absolute atomic E-state index is 0.0424. The maximum Gasteiger partial charge on any atom is 0.433 e. The second kappa shape index (κ2) is 6.16. The van der Waals surface area contributed by atoms with Crippen LogP contribution in [0, 0.1) is 17.8 Å². The molecule has 0 spiro atoms. The maximum absolute atomic E-state index is 13.2. The number of anilines is 2. The number of piperidine rings is 1. The lowest BCUT2D eigenvalue weighted by molar-refractivity contribution is -0.141. The average molecular weight is 392 g/mol. The Labute approximate surface area is 151 Å². The summed E-state index contributed by atoms with van der Waals surface area (Å²) in [6, 6.07) is -0.342. The number of rotatable bonds is 5. The van der Waals surface area contributed by atoms with E-state index >= 15 is 0 Å². The van der Waals surface area contributed by atoms with E-state index in [0.29, 0.717) is 13.1 Å². The minimum atomic E-state index is -4.72. The molecule has 3 fully saturated rings. The van der Waals surface area contributed by atoms with Crippen molar-refractivity contribution in [3.8, 4) is 0 Å². The fraction of sp³-hybridized carbons (Fsp3) is 0.688. The summed E-state index contributed by atoms with van der Waals surface area (Å²) in [5, 5.41) is 8.86. The standard InChI is InChI=1S/C16H17F5N4O2/c17-14(18)10-1-2-25(10)15-22-11(16(19,20)21)4-12(23-15)24-5-8-7(3-13(26)27)9(8)6-24/h4,7-10,14H,1-3,5-6H2,(H,26,27)/t7?,8-,9+,10-/m0/s1. The molecule has 27 heavy (non-hydrogen) atoms. The van der Waals surface area contributed by atoms with Crippen LogP contribution in [0.5, 0.6) is 0 Å². The van der Waals surface area contributed by atoms with Crippen molar-refractivity contribution in [2.75, 3.05) is 29.4 Å². The molecule has 1 N–H and O–H groups in total. The lowest BCUT2D eigenvalue weighted by Gasteiger charge is -2.40. The highest BCUT2D eigenvalue weighted by molar-refractivity contribution is 5.68. The molecule has 2 aliphatic heterocycles. The molecule has 0 amide bonds. The van der Waals surface area contributed by atoms with Gasteiger partial charge in [0.15, 0.2) is 5.69 Å². The first kappa shape index (κ1) is 18.2. The van der Waals surface area contributed by atoms with E-state index in [1.54, 1.807) is 4.90 Å². The van der Waals surface area contributed by atoms with Gasteiger partial charge in [0.25, 0.3) is 6.43 Å². The highest BCUT2D eigenvalue weighted by Crippen LogP contribution is 2.54. The predicted octanol–water partition coefficient (Wildman–Crippen LogP) is 2.50. The van der Waals surface area contributed by atoms with Crippen LogP contribution in [0.2, 0.25) is 0 Å². The Kier molecular flexibility index (Phi) is 4.15. The van der Waals surface area contributed by atoms with Gasteiger partial charge in [0.1, 0.15) is 5.82 Å². The third kappa shape index (κ3) is 3.27. The zero-order valence-corrected chi connectivity index (χ0v) is 14.0. The van der Waals surface area contributed by atoms with E-state index in [1.807, 2.05) is 0 Å². The number of hydrogen-bond donors (Lipinski definition) is 1. The average Bonchev–Trinajstić information content (AvgIpc) is 2.96. The maximum atomic E-state index is 13.2. The van der Waals surface area contributed by atoms with Crippen molar-refractivity contribution < 1.29 is 31.9 Å². The summed E-state index contributed by atoms with van der Waals surface area (Å²) in [6.07, 6.45) is -7.17. The fourth-order valence-corrected chi connectivity index (χ4v) is 4.12. The summed E-state index contributed by atoms with van der Waals surface area (Å²) >= 11 is 0. The van der Waals surface area contributed by atoms with E-state index in [2.05, 4.69) is 9.97 Å². The molecular formula is C16H17F5N4O2. The number of carboxylic acid groups (broad SMARTS) is 1. The SMILES string of the molecule is O=C(O)CC1[C@H]2CN(c3cc(C(F)(F)F)nc(N4CC[C@H]4C(F)F)n3)C[C@@H]12. The van der Waals surface area contributed by atoms with Crippen molar-refractivity contribution in [1.29, 1.82) is 0 Å². The Balaban J connectivity index is 1.57. The smallest absolute Gasteiger partial charge is 0.433 e. The number of halogens is 5. The van der Waals surface area contributed by atoms with Gasteiger partial charge in [0.2, 0.25) is 5.95 Å². The van der Waals surface area contributed by atoms with Gasteiger partial charge < -0.3 is 14.9 Å². The highest BCUT2D eigenvalue weighted by atomic mass is 19.4. The lowest BCUT2D eigenvalue weighted by Crippen LogP contribution is -2.53. The third-order valence-electron chi connectivity index (χ3n) is 5.71. The normalized spacial score (nSPS) is 29.7. The Morgan fingerprint density at radius 3 is 2.41 bits per heavy atom. The van der Waals surface area contributed by atoms with Crippen molar-refractivity contribution in [3.05, 3.63) is 11.8 Å². The first-order valence-corrected chi connectivity index (χ1v) is 8.63. The molecule has 2 saturated heterocycles. The third-order valence-corrected chi connectivity index (χ3v) is 5.71. The van der Waals surface area contributed by atoms with Crippen LogP contribution in [0.3, 0.4) is 0 Å². The summed E-state index contributed by atoms with van der Waals surface area (Å²) in [7, 11) is 0. The number of fused-ring (bicyclic) bond motifs is 1. The molecule has 11 heteroatoms. The van der Waals surface area contributed by atoms with Crippen molar-refractivity contribution in [2.45, 2.75) is 31.5 Å². The number of aromatic nitrogens is 2. The topological polar surface area (TPSA) is 69.6 Å². The van der Waals surface area contributed by atoms with Crippen LogP contribution in [0.4, 0.5) is 33.7 Å². The Morgan fingerprint density at radius 2 is 1.93 bits per heavy atom. The Hall–Kier alpha value is -2.20. The molecule has 1 aromatic heterocycles. The summed E-state index contributed by atoms with van der Waals surface area (Å²) < 4.78 is 65.6. The number of hydrogen-bond acceptors (Lipinski definition) is 5. The molecule has 4 atom stereocenters. The summed E-state index contributed by atoms with van der Waals surface area (Å²) in [6.45, 7) is 1.00. The molecule has 1 saturated carbocycles. The quantitative estimate of drug-likeness (QED) is 0.777. The summed E-state index contributed by atoms with van der Waals surface area (Å²) in [4.78, 5) is 21.2. The van der Waals surface area contributed by atoms with Gasteiger partial charge in [0, 0.05) is 32.1 Å². The van der Waals surface area contributed by atoms with E-state index < -0.39 is 30.3 Å².